The van der Waals surface area contributed by atoms with Crippen LogP contribution in [0.3, 0.4) is 0 Å². The second kappa shape index (κ2) is 6.31. The number of carboxylic acids is 1. The summed E-state index contributed by atoms with van der Waals surface area (Å²) in [5, 5.41) is 11.8. The van der Waals surface area contributed by atoms with Crippen LogP contribution in [0.15, 0.2) is 0 Å². The second-order valence-corrected chi connectivity index (χ2v) is 4.91. The molecule has 2 aliphatic heterocycles. The standard InChI is InChI=1S/C12H20N2O5/c1-13-10-7-18-6-9(10)12(17)14-2-3-19-8(5-14)4-11(15)16/h8-10,13H,2-7H2,1H3,(H,15,16). The smallest absolute Gasteiger partial charge is 0.306 e. The van der Waals surface area contributed by atoms with E-state index >= 15 is 0 Å². The Morgan fingerprint density at radius 1 is 1.42 bits per heavy atom. The van der Waals surface area contributed by atoms with Crippen molar-refractivity contribution in [2.24, 2.45) is 5.92 Å². The van der Waals surface area contributed by atoms with Gasteiger partial charge in [-0.1, -0.05) is 0 Å². The Balaban J connectivity index is 1.93. The van der Waals surface area contributed by atoms with Gasteiger partial charge in [0.15, 0.2) is 0 Å². The fraction of sp³-hybridized carbons (Fsp3) is 0.833. The normalized spacial score (nSPS) is 31.4. The number of nitrogens with one attached hydrogen (secondary N) is 1. The topological polar surface area (TPSA) is 88.1 Å². The maximum atomic E-state index is 12.4. The molecule has 0 aromatic rings. The van der Waals surface area contributed by atoms with Gasteiger partial charge in [0.05, 0.1) is 38.3 Å². The SMILES string of the molecule is CNC1COCC1C(=O)N1CCOC(CC(=O)O)C1. The molecule has 0 aromatic heterocycles. The summed E-state index contributed by atoms with van der Waals surface area (Å²) in [5.74, 6) is -1.07. The molecular formula is C12H20N2O5. The van der Waals surface area contributed by atoms with Crippen LogP contribution in [0, 0.1) is 5.92 Å². The number of nitrogens with zero attached hydrogens (tertiary/aromatic N) is 1. The molecule has 7 heteroatoms. The molecule has 108 valence electrons. The van der Waals surface area contributed by atoms with E-state index in [1.54, 1.807) is 4.90 Å². The number of carboxylic acid groups (broad SMARTS) is 1. The number of morpholine rings is 1. The number of hydrogen-bond acceptors (Lipinski definition) is 5. The zero-order valence-corrected chi connectivity index (χ0v) is 11.0. The molecule has 0 saturated carbocycles. The van der Waals surface area contributed by atoms with E-state index < -0.39 is 12.1 Å². The quantitative estimate of drug-likeness (QED) is 0.677. The molecule has 3 atom stereocenters. The van der Waals surface area contributed by atoms with Crippen molar-refractivity contribution in [1.82, 2.24) is 10.2 Å². The number of carbonyl (C=O) groups excluding carboxylic acids is 1. The largest absolute Gasteiger partial charge is 0.481 e. The van der Waals surface area contributed by atoms with Crippen molar-refractivity contribution in [2.75, 3.05) is 40.0 Å². The van der Waals surface area contributed by atoms with Gasteiger partial charge >= 0.3 is 5.97 Å². The number of ether oxygens (including phenoxy) is 2. The Morgan fingerprint density at radius 2 is 2.21 bits per heavy atom. The van der Waals surface area contributed by atoms with Crippen LogP contribution in [-0.2, 0) is 19.1 Å². The third kappa shape index (κ3) is 3.43. The highest BCUT2D eigenvalue weighted by Gasteiger charge is 2.37. The third-order valence-electron chi connectivity index (χ3n) is 3.62. The highest BCUT2D eigenvalue weighted by Crippen LogP contribution is 2.19. The summed E-state index contributed by atoms with van der Waals surface area (Å²) in [6, 6.07) is 0.0354. The number of amides is 1. The van der Waals surface area contributed by atoms with Crippen molar-refractivity contribution in [3.05, 3.63) is 0 Å². The first-order valence-corrected chi connectivity index (χ1v) is 6.49. The minimum atomic E-state index is -0.906. The molecule has 2 N–H and O–H groups in total. The first-order chi connectivity index (χ1) is 9.11. The fourth-order valence-electron chi connectivity index (χ4n) is 2.55. The summed E-state index contributed by atoms with van der Waals surface area (Å²) in [4.78, 5) is 24.8. The molecule has 7 nitrogen and oxygen atoms in total. The van der Waals surface area contributed by atoms with Crippen LogP contribution in [0.25, 0.3) is 0 Å². The summed E-state index contributed by atoms with van der Waals surface area (Å²) in [6.07, 6.45) is -0.481. The van der Waals surface area contributed by atoms with E-state index in [1.165, 1.54) is 0 Å². The van der Waals surface area contributed by atoms with Crippen molar-refractivity contribution in [3.8, 4) is 0 Å². The first-order valence-electron chi connectivity index (χ1n) is 6.49. The Labute approximate surface area is 111 Å². The molecule has 0 aliphatic carbocycles. The molecule has 3 unspecified atom stereocenters. The molecule has 2 rings (SSSR count). The average molecular weight is 272 g/mol. The third-order valence-corrected chi connectivity index (χ3v) is 3.62. The van der Waals surface area contributed by atoms with Crippen LogP contribution in [0.5, 0.6) is 0 Å². The van der Waals surface area contributed by atoms with E-state index in [1.807, 2.05) is 7.05 Å². The molecule has 1 amide bonds. The van der Waals surface area contributed by atoms with Crippen LogP contribution < -0.4 is 5.32 Å². The van der Waals surface area contributed by atoms with Crippen LogP contribution in [0.2, 0.25) is 0 Å². The summed E-state index contributed by atoms with van der Waals surface area (Å²) in [5.41, 5.74) is 0. The Kier molecular flexibility index (Phi) is 4.73. The van der Waals surface area contributed by atoms with E-state index in [4.69, 9.17) is 14.6 Å². The van der Waals surface area contributed by atoms with E-state index in [0.717, 1.165) is 0 Å². The summed E-state index contributed by atoms with van der Waals surface area (Å²) < 4.78 is 10.7. The lowest BCUT2D eigenvalue weighted by molar-refractivity contribution is -0.150. The van der Waals surface area contributed by atoms with Gasteiger partial charge in [0.2, 0.25) is 5.91 Å². The molecule has 19 heavy (non-hydrogen) atoms. The predicted octanol–water partition coefficient (Wildman–Crippen LogP) is -1.08. The maximum absolute atomic E-state index is 12.4. The highest BCUT2D eigenvalue weighted by atomic mass is 16.5. The Hall–Kier alpha value is -1.18. The van der Waals surface area contributed by atoms with Crippen molar-refractivity contribution < 1.29 is 24.2 Å². The van der Waals surface area contributed by atoms with Gasteiger partial charge in [-0.05, 0) is 7.05 Å². The van der Waals surface area contributed by atoms with Crippen molar-refractivity contribution in [2.45, 2.75) is 18.6 Å². The maximum Gasteiger partial charge on any atom is 0.306 e. The van der Waals surface area contributed by atoms with Gasteiger partial charge in [0.1, 0.15) is 0 Å². The molecule has 2 heterocycles. The minimum Gasteiger partial charge on any atom is -0.481 e. The number of likely N-dealkylation sites (N-methyl/N-ethyl adjacent to an activating group) is 1. The van der Waals surface area contributed by atoms with E-state index in [9.17, 15) is 9.59 Å². The van der Waals surface area contributed by atoms with Gasteiger partial charge in [-0.3, -0.25) is 9.59 Å². The molecule has 2 aliphatic rings. The molecule has 0 bridgehead atoms. The van der Waals surface area contributed by atoms with E-state index in [2.05, 4.69) is 5.32 Å². The lowest BCUT2D eigenvalue weighted by atomic mass is 10.0. The molecule has 2 fully saturated rings. The molecule has 0 aromatic carbocycles. The van der Waals surface area contributed by atoms with Crippen LogP contribution in [-0.4, -0.2) is 74.0 Å². The van der Waals surface area contributed by atoms with Crippen LogP contribution in [0.4, 0.5) is 0 Å². The molecule has 0 radical (unpaired) electrons. The molecule has 2 saturated heterocycles. The van der Waals surface area contributed by atoms with Crippen LogP contribution >= 0.6 is 0 Å². The van der Waals surface area contributed by atoms with Crippen molar-refractivity contribution in [1.29, 1.82) is 0 Å². The lowest BCUT2D eigenvalue weighted by Crippen LogP contribution is -2.51. The monoisotopic (exact) mass is 272 g/mol. The van der Waals surface area contributed by atoms with Gasteiger partial charge < -0.3 is 24.8 Å². The fourth-order valence-corrected chi connectivity index (χ4v) is 2.55. The molecule has 0 spiro atoms. The zero-order valence-electron chi connectivity index (χ0n) is 11.0. The van der Waals surface area contributed by atoms with Crippen molar-refractivity contribution in [3.63, 3.8) is 0 Å². The van der Waals surface area contributed by atoms with Gasteiger partial charge in [-0.2, -0.15) is 0 Å². The second-order valence-electron chi connectivity index (χ2n) is 4.91. The summed E-state index contributed by atoms with van der Waals surface area (Å²) in [6.45, 7) is 2.21. The lowest BCUT2D eigenvalue weighted by Gasteiger charge is -2.34. The summed E-state index contributed by atoms with van der Waals surface area (Å²) >= 11 is 0. The van der Waals surface area contributed by atoms with Gasteiger partial charge in [-0.25, -0.2) is 0 Å². The zero-order chi connectivity index (χ0) is 13.8. The van der Waals surface area contributed by atoms with Crippen LogP contribution in [0.1, 0.15) is 6.42 Å². The highest BCUT2D eigenvalue weighted by molar-refractivity contribution is 5.80. The number of hydrogen-bond donors (Lipinski definition) is 2. The minimum absolute atomic E-state index is 0.0236. The van der Waals surface area contributed by atoms with Gasteiger partial charge in [-0.15, -0.1) is 0 Å². The predicted molar refractivity (Wildman–Crippen MR) is 65.7 cm³/mol. The van der Waals surface area contributed by atoms with Gasteiger partial charge in [0.25, 0.3) is 0 Å². The Bertz CT molecular complexity index is 349. The van der Waals surface area contributed by atoms with E-state index in [0.29, 0.717) is 32.9 Å². The number of rotatable bonds is 4. The first kappa shape index (κ1) is 14.2. The average Bonchev–Trinajstić information content (AvgIpc) is 2.85. The van der Waals surface area contributed by atoms with Crippen molar-refractivity contribution >= 4 is 11.9 Å². The number of aliphatic carboxylic acids is 1. The summed E-state index contributed by atoms with van der Waals surface area (Å²) in [7, 11) is 1.81. The van der Waals surface area contributed by atoms with E-state index in [-0.39, 0.29) is 24.3 Å². The van der Waals surface area contributed by atoms with Gasteiger partial charge in [0, 0.05) is 19.1 Å². The Morgan fingerprint density at radius 3 is 2.89 bits per heavy atom. The number of carbonyl (C=O) groups is 2. The molecular weight excluding hydrogens is 252 g/mol.